The number of carboxylic acid groups (broad SMARTS) is 1. The van der Waals surface area contributed by atoms with Crippen LogP contribution in [-0.4, -0.2) is 23.5 Å². The monoisotopic (exact) mass is 364 g/mol. The molecule has 0 aromatic heterocycles. The minimum absolute atomic E-state index is 0.474. The largest absolute Gasteiger partial charge is 0.490 e. The van der Waals surface area contributed by atoms with Crippen LogP contribution in [0.5, 0.6) is 0 Å². The Morgan fingerprint density at radius 3 is 1.80 bits per heavy atom. The Morgan fingerprint density at radius 1 is 0.880 bits per heavy atom. The molecular weight excluding hydrogens is 354 g/mol. The Balaban J connectivity index is 0.000000381. The summed E-state index contributed by atoms with van der Waals surface area (Å²) in [5.74, 6) is -2.76. The third kappa shape index (κ3) is 6.28. The van der Waals surface area contributed by atoms with Crippen LogP contribution in [0.2, 0.25) is 0 Å². The van der Waals surface area contributed by atoms with E-state index in [1.54, 1.807) is 30.3 Å². The van der Waals surface area contributed by atoms with E-state index in [4.69, 9.17) is 9.90 Å². The molecule has 25 heavy (non-hydrogen) atoms. The smallest absolute Gasteiger partial charge is 0.475 e. The van der Waals surface area contributed by atoms with Crippen LogP contribution in [0.1, 0.15) is 15.9 Å². The number of benzene rings is 2. The fourth-order valence-electron chi connectivity index (χ4n) is 1.63. The molecule has 2 aromatic rings. The summed E-state index contributed by atoms with van der Waals surface area (Å²) in [7, 11) is 0. The molecule has 0 aliphatic carbocycles. The Bertz CT molecular complexity index is 733. The first kappa shape index (κ1) is 20.2. The van der Waals surface area contributed by atoms with Gasteiger partial charge in [-0.25, -0.2) is 4.79 Å². The van der Waals surface area contributed by atoms with Gasteiger partial charge in [0.15, 0.2) is 0 Å². The highest BCUT2D eigenvalue weighted by Gasteiger charge is 2.38. The summed E-state index contributed by atoms with van der Waals surface area (Å²) in [4.78, 5) is 19.4. The zero-order chi connectivity index (χ0) is 19.3. The number of aliphatic carboxylic acids is 1. The van der Waals surface area contributed by atoms with Gasteiger partial charge in [0.2, 0.25) is 0 Å². The van der Waals surface area contributed by atoms with Crippen molar-refractivity contribution in [1.29, 1.82) is 0 Å². The van der Waals surface area contributed by atoms with E-state index >= 15 is 0 Å². The number of aldehydes is 1. The van der Waals surface area contributed by atoms with Crippen LogP contribution in [0.15, 0.2) is 48.5 Å². The van der Waals surface area contributed by atoms with Gasteiger partial charge in [-0.1, -0.05) is 36.4 Å². The molecule has 0 amide bonds. The van der Waals surface area contributed by atoms with Crippen LogP contribution in [0.4, 0.5) is 26.3 Å². The average molecular weight is 364 g/mol. The molecule has 0 saturated carbocycles. The Kier molecular flexibility index (Phi) is 6.32. The van der Waals surface area contributed by atoms with Crippen molar-refractivity contribution < 1.29 is 41.0 Å². The predicted molar refractivity (Wildman–Crippen MR) is 76.0 cm³/mol. The number of halogens is 6. The van der Waals surface area contributed by atoms with Crippen molar-refractivity contribution >= 4 is 12.3 Å². The van der Waals surface area contributed by atoms with E-state index in [0.717, 1.165) is 12.1 Å². The van der Waals surface area contributed by atoms with Gasteiger partial charge in [-0.2, -0.15) is 26.3 Å². The van der Waals surface area contributed by atoms with E-state index in [9.17, 15) is 31.1 Å². The molecule has 0 heterocycles. The quantitative estimate of drug-likeness (QED) is 0.614. The van der Waals surface area contributed by atoms with Crippen molar-refractivity contribution in [3.63, 3.8) is 0 Å². The van der Waals surface area contributed by atoms with Crippen LogP contribution in [0.25, 0.3) is 11.1 Å². The SMILES string of the molecule is O=C(O)C(F)(F)F.O=Cc1ccc(-c2cccc(C(F)(F)F)c2)cc1. The predicted octanol–water partition coefficient (Wildman–Crippen LogP) is 4.82. The summed E-state index contributed by atoms with van der Waals surface area (Å²) in [5.41, 5.74) is 0.930. The lowest BCUT2D eigenvalue weighted by Crippen LogP contribution is -2.21. The molecule has 0 aliphatic heterocycles. The van der Waals surface area contributed by atoms with Crippen molar-refractivity contribution in [2.75, 3.05) is 0 Å². The van der Waals surface area contributed by atoms with Crippen molar-refractivity contribution in [2.45, 2.75) is 12.4 Å². The average Bonchev–Trinajstić information content (AvgIpc) is 2.54. The molecule has 0 unspecified atom stereocenters. The molecule has 0 spiro atoms. The van der Waals surface area contributed by atoms with E-state index in [0.29, 0.717) is 23.0 Å². The van der Waals surface area contributed by atoms with Gasteiger partial charge in [0, 0.05) is 5.56 Å². The molecule has 0 atom stereocenters. The molecular formula is C16H10F6O3. The van der Waals surface area contributed by atoms with E-state index in [-0.39, 0.29) is 0 Å². The third-order valence-corrected chi connectivity index (χ3v) is 2.81. The molecule has 9 heteroatoms. The maximum atomic E-state index is 12.6. The van der Waals surface area contributed by atoms with Crippen LogP contribution < -0.4 is 0 Å². The second kappa shape index (κ2) is 7.82. The molecule has 0 radical (unpaired) electrons. The molecule has 134 valence electrons. The Morgan fingerprint density at radius 2 is 1.40 bits per heavy atom. The summed E-state index contributed by atoms with van der Waals surface area (Å²) in [6.45, 7) is 0. The summed E-state index contributed by atoms with van der Waals surface area (Å²) in [6, 6.07) is 11.5. The lowest BCUT2D eigenvalue weighted by molar-refractivity contribution is -0.192. The molecule has 0 saturated heterocycles. The lowest BCUT2D eigenvalue weighted by atomic mass is 10.0. The fraction of sp³-hybridized carbons (Fsp3) is 0.125. The first-order chi connectivity index (χ1) is 11.4. The maximum Gasteiger partial charge on any atom is 0.490 e. The molecule has 0 fully saturated rings. The van der Waals surface area contributed by atoms with Crippen molar-refractivity contribution in [3.05, 3.63) is 59.7 Å². The summed E-state index contributed by atoms with van der Waals surface area (Å²) < 4.78 is 69.4. The summed E-state index contributed by atoms with van der Waals surface area (Å²) in [5, 5.41) is 7.12. The maximum absolute atomic E-state index is 12.6. The van der Waals surface area contributed by atoms with Crippen LogP contribution in [0, 0.1) is 0 Å². The molecule has 1 N–H and O–H groups in total. The fourth-order valence-corrected chi connectivity index (χ4v) is 1.63. The zero-order valence-electron chi connectivity index (χ0n) is 12.2. The number of alkyl halides is 6. The number of rotatable bonds is 2. The number of carboxylic acids is 1. The molecule has 3 nitrogen and oxygen atoms in total. The standard InChI is InChI=1S/C14H9F3O.C2HF3O2/c15-14(16,17)13-3-1-2-12(8-13)11-6-4-10(9-18)5-7-11;3-2(4,5)1(6)7/h1-9H;(H,6,7). The minimum atomic E-state index is -5.08. The highest BCUT2D eigenvalue weighted by Crippen LogP contribution is 2.32. The van der Waals surface area contributed by atoms with E-state index < -0.39 is 23.9 Å². The lowest BCUT2D eigenvalue weighted by Gasteiger charge is -2.08. The highest BCUT2D eigenvalue weighted by molar-refractivity contribution is 5.77. The van der Waals surface area contributed by atoms with Gasteiger partial charge in [0.05, 0.1) is 5.56 Å². The first-order valence-corrected chi connectivity index (χ1v) is 6.48. The molecule has 2 rings (SSSR count). The van der Waals surface area contributed by atoms with E-state index in [1.807, 2.05) is 0 Å². The van der Waals surface area contributed by atoms with Gasteiger partial charge < -0.3 is 5.11 Å². The van der Waals surface area contributed by atoms with Crippen LogP contribution >= 0.6 is 0 Å². The molecule has 0 aliphatic rings. The van der Waals surface area contributed by atoms with Gasteiger partial charge in [-0.05, 0) is 23.3 Å². The normalized spacial score (nSPS) is 11.3. The molecule has 0 bridgehead atoms. The zero-order valence-corrected chi connectivity index (χ0v) is 12.2. The van der Waals surface area contributed by atoms with E-state index in [1.165, 1.54) is 6.07 Å². The minimum Gasteiger partial charge on any atom is -0.475 e. The Labute approximate surface area is 137 Å². The van der Waals surface area contributed by atoms with Gasteiger partial charge >= 0.3 is 18.3 Å². The van der Waals surface area contributed by atoms with Crippen molar-refractivity contribution in [2.24, 2.45) is 0 Å². The number of hydrogen-bond acceptors (Lipinski definition) is 2. The first-order valence-electron chi connectivity index (χ1n) is 6.48. The van der Waals surface area contributed by atoms with Gasteiger partial charge in [-0.15, -0.1) is 0 Å². The van der Waals surface area contributed by atoms with E-state index in [2.05, 4.69) is 0 Å². The highest BCUT2D eigenvalue weighted by atomic mass is 19.4. The number of carbonyl (C=O) groups excluding carboxylic acids is 1. The second-order valence-corrected chi connectivity index (χ2v) is 4.62. The number of hydrogen-bond donors (Lipinski definition) is 1. The second-order valence-electron chi connectivity index (χ2n) is 4.62. The van der Waals surface area contributed by atoms with Crippen LogP contribution in [-0.2, 0) is 11.0 Å². The van der Waals surface area contributed by atoms with Gasteiger partial charge in [0.25, 0.3) is 0 Å². The van der Waals surface area contributed by atoms with Crippen molar-refractivity contribution in [3.8, 4) is 11.1 Å². The summed E-state index contributed by atoms with van der Waals surface area (Å²) in [6.07, 6.45) is -8.74. The van der Waals surface area contributed by atoms with Crippen LogP contribution in [0.3, 0.4) is 0 Å². The number of carbonyl (C=O) groups is 2. The van der Waals surface area contributed by atoms with Crippen molar-refractivity contribution in [1.82, 2.24) is 0 Å². The summed E-state index contributed by atoms with van der Waals surface area (Å²) >= 11 is 0. The topological polar surface area (TPSA) is 54.4 Å². The Hall–Kier alpha value is -2.84. The third-order valence-electron chi connectivity index (χ3n) is 2.81. The molecule has 2 aromatic carbocycles. The van der Waals surface area contributed by atoms with Gasteiger partial charge in [0.1, 0.15) is 6.29 Å². The van der Waals surface area contributed by atoms with Gasteiger partial charge in [-0.3, -0.25) is 4.79 Å².